The van der Waals surface area contributed by atoms with Crippen molar-refractivity contribution in [2.75, 3.05) is 21.1 Å². The second-order valence-corrected chi connectivity index (χ2v) is 9.89. The number of aromatic nitrogens is 2. The first kappa shape index (κ1) is 25.5. The van der Waals surface area contributed by atoms with Crippen molar-refractivity contribution in [3.8, 4) is 5.75 Å². The molecule has 2 aliphatic heterocycles. The van der Waals surface area contributed by atoms with Crippen LogP contribution in [-0.2, 0) is 28.1 Å². The highest BCUT2D eigenvalue weighted by molar-refractivity contribution is 6.34. The summed E-state index contributed by atoms with van der Waals surface area (Å²) in [5.41, 5.74) is -3.11. The van der Waals surface area contributed by atoms with Gasteiger partial charge in [-0.15, -0.1) is 0 Å². The van der Waals surface area contributed by atoms with E-state index in [-0.39, 0.29) is 50.9 Å². The van der Waals surface area contributed by atoms with Crippen LogP contribution in [0.2, 0.25) is 0 Å². The van der Waals surface area contributed by atoms with Crippen LogP contribution < -0.4 is 5.56 Å². The van der Waals surface area contributed by atoms with Gasteiger partial charge in [-0.05, 0) is 49.8 Å². The van der Waals surface area contributed by atoms with Crippen LogP contribution in [-0.4, -0.2) is 73.9 Å². The van der Waals surface area contributed by atoms with Crippen molar-refractivity contribution in [2.24, 2.45) is 0 Å². The Balaban J connectivity index is 1.77. The molecule has 192 valence electrons. The molecule has 3 heterocycles. The maximum Gasteiger partial charge on any atom is 0.312 e. The molecule has 11 heteroatoms. The number of rotatable bonds is 5. The monoisotopic (exact) mass is 500 g/mol. The van der Waals surface area contributed by atoms with Crippen LogP contribution in [0.5, 0.6) is 5.75 Å². The normalized spacial score (nSPS) is 22.5. The summed E-state index contributed by atoms with van der Waals surface area (Å²) in [6.45, 7) is -0.156. The second kappa shape index (κ2) is 9.12. The Morgan fingerprint density at radius 2 is 1.67 bits per heavy atom. The summed E-state index contributed by atoms with van der Waals surface area (Å²) >= 11 is 0. The number of aryl methyl sites for hydroxylation is 1. The largest absolute Gasteiger partial charge is 0.501 e. The molecule has 5 rings (SSSR count). The van der Waals surface area contributed by atoms with Crippen LogP contribution in [0.15, 0.2) is 29.1 Å². The number of fused-ring (bicyclic) bond motifs is 2. The molecular weight excluding hydrogens is 471 g/mol. The van der Waals surface area contributed by atoms with Crippen molar-refractivity contribution < 1.29 is 29.0 Å². The van der Waals surface area contributed by atoms with Crippen molar-refractivity contribution >= 4 is 17.6 Å². The third kappa shape index (κ3) is 4.27. The Morgan fingerprint density at radius 1 is 1.06 bits per heavy atom. The fraction of sp³-hybridized carbons (Fsp3) is 0.480. The molecule has 10 nitrogen and oxygen atoms in total. The molecule has 0 unspecified atom stereocenters. The number of aliphatic hydroxyl groups is 1. The summed E-state index contributed by atoms with van der Waals surface area (Å²) in [4.78, 5) is 58.6. The number of benzene rings is 1. The van der Waals surface area contributed by atoms with E-state index >= 15 is 0 Å². The number of halogens is 1. The van der Waals surface area contributed by atoms with E-state index < -0.39 is 51.6 Å². The molecule has 0 saturated heterocycles. The molecule has 2 bridgehead atoms. The summed E-state index contributed by atoms with van der Waals surface area (Å²) in [6, 6.07) is 5.63. The van der Waals surface area contributed by atoms with Gasteiger partial charge >= 0.3 is 11.8 Å². The van der Waals surface area contributed by atoms with Gasteiger partial charge in [0.15, 0.2) is 11.5 Å². The standard InChI is InChI=1S/C25H29FN4O6/c1-28(2)21(34)22(35)29(3)25-12-10-24(36,11-13-25)14-30-20(33)19(32)18(27-23(25)30)17(31)9-6-15-4-7-16(26)8-5-15/h4-5,7-8,32,36H,6,9-14H2,1-3H3. The zero-order chi connectivity index (χ0) is 26.4. The van der Waals surface area contributed by atoms with E-state index in [2.05, 4.69) is 4.98 Å². The molecule has 1 aromatic heterocycles. The molecule has 0 spiro atoms. The van der Waals surface area contributed by atoms with E-state index in [9.17, 15) is 33.8 Å². The van der Waals surface area contributed by atoms with Crippen molar-refractivity contribution in [3.05, 3.63) is 57.5 Å². The third-order valence-corrected chi connectivity index (χ3v) is 7.38. The van der Waals surface area contributed by atoms with Gasteiger partial charge in [-0.25, -0.2) is 9.37 Å². The molecular formula is C25H29FN4O6. The number of carbonyl (C=O) groups excluding carboxylic acids is 3. The lowest BCUT2D eigenvalue weighted by Crippen LogP contribution is -2.55. The zero-order valence-corrected chi connectivity index (χ0v) is 20.5. The quantitative estimate of drug-likeness (QED) is 0.462. The second-order valence-electron chi connectivity index (χ2n) is 9.89. The number of Topliss-reactive ketones (excluding diaryl/α,β-unsaturated/α-hetero) is 1. The molecule has 3 aliphatic rings. The van der Waals surface area contributed by atoms with Gasteiger partial charge in [0.1, 0.15) is 17.2 Å². The predicted molar refractivity (Wildman–Crippen MR) is 126 cm³/mol. The Hall–Kier alpha value is -3.60. The molecule has 0 atom stereocenters. The lowest BCUT2D eigenvalue weighted by atomic mass is 9.74. The van der Waals surface area contributed by atoms with Crippen molar-refractivity contribution in [3.63, 3.8) is 0 Å². The third-order valence-electron chi connectivity index (χ3n) is 7.38. The first-order valence-corrected chi connectivity index (χ1v) is 11.7. The van der Waals surface area contributed by atoms with Crippen molar-refractivity contribution in [1.29, 1.82) is 0 Å². The molecule has 2 amide bonds. The number of likely N-dealkylation sites (N-methyl/N-ethyl adjacent to an activating group) is 2. The lowest BCUT2D eigenvalue weighted by Gasteiger charge is -2.45. The zero-order valence-electron chi connectivity index (χ0n) is 20.5. The summed E-state index contributed by atoms with van der Waals surface area (Å²) in [5, 5.41) is 21.7. The van der Waals surface area contributed by atoms with E-state index in [0.29, 0.717) is 5.56 Å². The number of ketones is 1. The molecule has 2 aromatic rings. The lowest BCUT2D eigenvalue weighted by molar-refractivity contribution is -0.155. The van der Waals surface area contributed by atoms with Crippen LogP contribution in [0, 0.1) is 5.82 Å². The van der Waals surface area contributed by atoms with Gasteiger partial charge in [0.25, 0.3) is 5.56 Å². The van der Waals surface area contributed by atoms with E-state index in [1.165, 1.54) is 38.2 Å². The van der Waals surface area contributed by atoms with Gasteiger partial charge in [0.2, 0.25) is 5.75 Å². The number of amides is 2. The number of hydrogen-bond acceptors (Lipinski definition) is 7. The first-order chi connectivity index (χ1) is 16.9. The van der Waals surface area contributed by atoms with Crippen molar-refractivity contribution in [1.82, 2.24) is 19.4 Å². The van der Waals surface area contributed by atoms with Crippen LogP contribution in [0.3, 0.4) is 0 Å². The van der Waals surface area contributed by atoms with Gasteiger partial charge < -0.3 is 20.0 Å². The predicted octanol–water partition coefficient (Wildman–Crippen LogP) is 0.964. The SMILES string of the molecule is CN(C)C(=O)C(=O)N(C)C12CCC(O)(CC1)Cn1c2nc(C(=O)CCc2ccc(F)cc2)c(O)c1=O. The summed E-state index contributed by atoms with van der Waals surface area (Å²) in [6.07, 6.45) is 1.04. The Morgan fingerprint density at radius 3 is 2.25 bits per heavy atom. The molecule has 36 heavy (non-hydrogen) atoms. The minimum Gasteiger partial charge on any atom is -0.501 e. The van der Waals surface area contributed by atoms with E-state index in [4.69, 9.17) is 0 Å². The summed E-state index contributed by atoms with van der Waals surface area (Å²) < 4.78 is 14.3. The van der Waals surface area contributed by atoms with Gasteiger partial charge in [-0.2, -0.15) is 0 Å². The molecule has 1 aromatic carbocycles. The maximum absolute atomic E-state index is 13.2. The minimum atomic E-state index is -1.25. The molecule has 2 N–H and O–H groups in total. The van der Waals surface area contributed by atoms with E-state index in [0.717, 1.165) is 9.47 Å². The first-order valence-electron chi connectivity index (χ1n) is 11.7. The van der Waals surface area contributed by atoms with Crippen LogP contribution >= 0.6 is 0 Å². The van der Waals surface area contributed by atoms with Gasteiger partial charge in [-0.3, -0.25) is 23.7 Å². The average Bonchev–Trinajstić information content (AvgIpc) is 3.06. The fourth-order valence-corrected chi connectivity index (χ4v) is 5.09. The number of nitrogens with zero attached hydrogens (tertiary/aromatic N) is 4. The highest BCUT2D eigenvalue weighted by Crippen LogP contribution is 2.48. The Bertz CT molecular complexity index is 1280. The summed E-state index contributed by atoms with van der Waals surface area (Å²) in [7, 11) is 4.34. The topological polar surface area (TPSA) is 133 Å². The smallest absolute Gasteiger partial charge is 0.312 e. The molecule has 1 fully saturated rings. The van der Waals surface area contributed by atoms with E-state index in [1.807, 2.05) is 0 Å². The average molecular weight is 501 g/mol. The Labute approximate surface area is 207 Å². The van der Waals surface area contributed by atoms with Crippen LogP contribution in [0.1, 0.15) is 54.0 Å². The van der Waals surface area contributed by atoms with E-state index in [1.54, 1.807) is 12.1 Å². The van der Waals surface area contributed by atoms with Crippen LogP contribution in [0.4, 0.5) is 4.39 Å². The number of carbonyl (C=O) groups is 3. The number of aromatic hydroxyl groups is 1. The van der Waals surface area contributed by atoms with Crippen LogP contribution in [0.25, 0.3) is 0 Å². The number of hydrogen-bond donors (Lipinski definition) is 2. The molecule has 1 saturated carbocycles. The van der Waals surface area contributed by atoms with Gasteiger partial charge in [0.05, 0.1) is 12.1 Å². The summed E-state index contributed by atoms with van der Waals surface area (Å²) in [5.74, 6) is -3.35. The highest BCUT2D eigenvalue weighted by atomic mass is 19.1. The molecule has 1 aliphatic carbocycles. The van der Waals surface area contributed by atoms with Crippen molar-refractivity contribution in [2.45, 2.75) is 56.2 Å². The molecule has 0 radical (unpaired) electrons. The van der Waals surface area contributed by atoms with Gasteiger partial charge in [-0.1, -0.05) is 12.1 Å². The minimum absolute atomic E-state index is 0.0614. The fourth-order valence-electron chi connectivity index (χ4n) is 5.09. The highest BCUT2D eigenvalue weighted by Gasteiger charge is 2.54. The van der Waals surface area contributed by atoms with Gasteiger partial charge in [0, 0.05) is 27.6 Å². The maximum atomic E-state index is 13.2. The Kier molecular flexibility index (Phi) is 6.46.